The van der Waals surface area contributed by atoms with E-state index in [2.05, 4.69) is 22.3 Å². The molecule has 25 heavy (non-hydrogen) atoms. The smallest absolute Gasteiger partial charge is 0.175 e. The van der Waals surface area contributed by atoms with E-state index in [-0.39, 0.29) is 6.10 Å². The van der Waals surface area contributed by atoms with Crippen LogP contribution in [0.2, 0.25) is 0 Å². The number of hydrogen-bond acceptors (Lipinski definition) is 5. The lowest BCUT2D eigenvalue weighted by atomic mass is 10.2. The van der Waals surface area contributed by atoms with Gasteiger partial charge in [0, 0.05) is 31.5 Å². The number of hydrogen-bond donors (Lipinski definition) is 1. The zero-order valence-corrected chi connectivity index (χ0v) is 15.4. The van der Waals surface area contributed by atoms with Gasteiger partial charge >= 0.3 is 0 Å². The Labute approximate surface area is 149 Å². The summed E-state index contributed by atoms with van der Waals surface area (Å²) in [6.07, 6.45) is 2.32. The van der Waals surface area contributed by atoms with Gasteiger partial charge in [0.15, 0.2) is 9.84 Å². The van der Waals surface area contributed by atoms with Crippen LogP contribution in [0.3, 0.4) is 0 Å². The highest BCUT2D eigenvalue weighted by Gasteiger charge is 2.24. The van der Waals surface area contributed by atoms with Gasteiger partial charge in [0.25, 0.3) is 0 Å². The normalized spacial score (nSPS) is 17.7. The minimum absolute atomic E-state index is 0.143. The maximum Gasteiger partial charge on any atom is 0.175 e. The zero-order chi connectivity index (χ0) is 17.9. The highest BCUT2D eigenvalue weighted by Crippen LogP contribution is 2.25. The average molecular weight is 360 g/mol. The van der Waals surface area contributed by atoms with E-state index in [9.17, 15) is 8.42 Å². The highest BCUT2D eigenvalue weighted by atomic mass is 32.2. The molecule has 3 rings (SSSR count). The summed E-state index contributed by atoms with van der Waals surface area (Å²) in [4.78, 5) is 2.58. The first-order valence-electron chi connectivity index (χ1n) is 8.41. The molecule has 1 N–H and O–H groups in total. The minimum atomic E-state index is -3.15. The standard InChI is InChI=1S/C19H24N2O3S/c1-20-13-15-3-7-17(8-4-15)24-18-11-12-21(14-18)16-5-9-19(10-6-16)25(2,22)23/h3-10,18,20H,11-14H2,1-2H3/t18-/m0/s1. The maximum absolute atomic E-state index is 11.5. The molecule has 0 aromatic heterocycles. The van der Waals surface area contributed by atoms with Crippen molar-refractivity contribution in [2.45, 2.75) is 24.0 Å². The second kappa shape index (κ2) is 7.45. The second-order valence-corrected chi connectivity index (χ2v) is 8.43. The quantitative estimate of drug-likeness (QED) is 0.858. The highest BCUT2D eigenvalue weighted by molar-refractivity contribution is 7.90. The van der Waals surface area contributed by atoms with Crippen LogP contribution < -0.4 is 15.0 Å². The van der Waals surface area contributed by atoms with Crippen molar-refractivity contribution < 1.29 is 13.2 Å². The van der Waals surface area contributed by atoms with E-state index in [1.165, 1.54) is 11.8 Å². The molecule has 5 nitrogen and oxygen atoms in total. The van der Waals surface area contributed by atoms with E-state index in [1.807, 2.05) is 31.3 Å². The number of benzene rings is 2. The largest absolute Gasteiger partial charge is 0.489 e. The van der Waals surface area contributed by atoms with Gasteiger partial charge in [-0.3, -0.25) is 0 Å². The van der Waals surface area contributed by atoms with E-state index in [1.54, 1.807) is 12.1 Å². The van der Waals surface area contributed by atoms with Crippen molar-refractivity contribution in [3.05, 3.63) is 54.1 Å². The fourth-order valence-corrected chi connectivity index (χ4v) is 3.68. The molecule has 0 amide bonds. The van der Waals surface area contributed by atoms with Gasteiger partial charge in [-0.2, -0.15) is 0 Å². The maximum atomic E-state index is 11.5. The fraction of sp³-hybridized carbons (Fsp3) is 0.368. The molecule has 2 aromatic carbocycles. The lowest BCUT2D eigenvalue weighted by Crippen LogP contribution is -2.24. The summed E-state index contributed by atoms with van der Waals surface area (Å²) < 4.78 is 29.2. The molecule has 0 bridgehead atoms. The van der Waals surface area contributed by atoms with Crippen LogP contribution in [0.15, 0.2) is 53.4 Å². The predicted octanol–water partition coefficient (Wildman–Crippen LogP) is 2.47. The van der Waals surface area contributed by atoms with Crippen molar-refractivity contribution in [1.82, 2.24) is 5.32 Å². The Morgan fingerprint density at radius 3 is 2.40 bits per heavy atom. The number of rotatable bonds is 6. The molecule has 0 saturated carbocycles. The van der Waals surface area contributed by atoms with Crippen LogP contribution in [-0.2, 0) is 16.4 Å². The Kier molecular flexibility index (Phi) is 5.30. The van der Waals surface area contributed by atoms with Crippen molar-refractivity contribution >= 4 is 15.5 Å². The van der Waals surface area contributed by atoms with Gasteiger partial charge in [0.2, 0.25) is 0 Å². The molecule has 2 aromatic rings. The van der Waals surface area contributed by atoms with E-state index >= 15 is 0 Å². The lowest BCUT2D eigenvalue weighted by molar-refractivity contribution is 0.225. The zero-order valence-electron chi connectivity index (χ0n) is 14.6. The molecule has 1 aliphatic rings. The lowest BCUT2D eigenvalue weighted by Gasteiger charge is -2.19. The summed E-state index contributed by atoms with van der Waals surface area (Å²) >= 11 is 0. The third-order valence-electron chi connectivity index (χ3n) is 4.38. The molecule has 1 fully saturated rings. The Morgan fingerprint density at radius 1 is 1.12 bits per heavy atom. The Hall–Kier alpha value is -2.05. The summed E-state index contributed by atoms with van der Waals surface area (Å²) in [5.74, 6) is 0.888. The number of nitrogens with zero attached hydrogens (tertiary/aromatic N) is 1. The van der Waals surface area contributed by atoms with Gasteiger partial charge in [-0.25, -0.2) is 8.42 Å². The van der Waals surface area contributed by atoms with Crippen LogP contribution in [-0.4, -0.2) is 40.9 Å². The predicted molar refractivity (Wildman–Crippen MR) is 100 cm³/mol. The molecule has 1 aliphatic heterocycles. The van der Waals surface area contributed by atoms with Gasteiger partial charge in [-0.05, 0) is 49.0 Å². The van der Waals surface area contributed by atoms with Crippen LogP contribution >= 0.6 is 0 Å². The van der Waals surface area contributed by atoms with Crippen LogP contribution in [0.4, 0.5) is 5.69 Å². The van der Waals surface area contributed by atoms with Crippen LogP contribution in [0.25, 0.3) is 0 Å². The summed E-state index contributed by atoms with van der Waals surface area (Å²) in [6.45, 7) is 2.55. The summed E-state index contributed by atoms with van der Waals surface area (Å²) in [5, 5.41) is 3.13. The molecule has 1 heterocycles. The molecule has 0 spiro atoms. The molecule has 134 valence electrons. The fourth-order valence-electron chi connectivity index (χ4n) is 3.05. The minimum Gasteiger partial charge on any atom is -0.489 e. The first-order chi connectivity index (χ1) is 12.0. The van der Waals surface area contributed by atoms with Gasteiger partial charge in [0.1, 0.15) is 11.9 Å². The van der Waals surface area contributed by atoms with Gasteiger partial charge in [0.05, 0.1) is 11.4 Å². The molecule has 1 saturated heterocycles. The molecule has 6 heteroatoms. The Bertz CT molecular complexity index is 802. The van der Waals surface area contributed by atoms with Crippen LogP contribution in [0, 0.1) is 0 Å². The molecular formula is C19H24N2O3S. The third-order valence-corrected chi connectivity index (χ3v) is 5.51. The van der Waals surface area contributed by atoms with E-state index < -0.39 is 9.84 Å². The summed E-state index contributed by atoms with van der Waals surface area (Å²) in [5.41, 5.74) is 2.26. The van der Waals surface area contributed by atoms with Gasteiger partial charge < -0.3 is 15.0 Å². The van der Waals surface area contributed by atoms with Gasteiger partial charge in [-0.1, -0.05) is 12.1 Å². The topological polar surface area (TPSA) is 58.6 Å². The number of anilines is 1. The van der Waals surface area contributed by atoms with Crippen LogP contribution in [0.5, 0.6) is 5.75 Å². The number of ether oxygens (including phenoxy) is 1. The Morgan fingerprint density at radius 2 is 1.80 bits per heavy atom. The molecule has 1 atom stereocenters. The third kappa shape index (κ3) is 4.52. The van der Waals surface area contributed by atoms with Crippen molar-refractivity contribution in [2.75, 3.05) is 31.3 Å². The first kappa shape index (κ1) is 17.8. The van der Waals surface area contributed by atoms with Crippen molar-refractivity contribution in [3.8, 4) is 5.75 Å². The first-order valence-corrected chi connectivity index (χ1v) is 10.3. The average Bonchev–Trinajstić information content (AvgIpc) is 3.05. The van der Waals surface area contributed by atoms with E-state index in [4.69, 9.17) is 4.74 Å². The van der Waals surface area contributed by atoms with Crippen molar-refractivity contribution in [1.29, 1.82) is 0 Å². The molecular weight excluding hydrogens is 336 g/mol. The monoisotopic (exact) mass is 360 g/mol. The van der Waals surface area contributed by atoms with Crippen molar-refractivity contribution in [2.24, 2.45) is 0 Å². The summed E-state index contributed by atoms with van der Waals surface area (Å²) in [7, 11) is -1.22. The van der Waals surface area contributed by atoms with Crippen molar-refractivity contribution in [3.63, 3.8) is 0 Å². The summed E-state index contributed by atoms with van der Waals surface area (Å²) in [6, 6.07) is 15.2. The Balaban J connectivity index is 1.59. The second-order valence-electron chi connectivity index (χ2n) is 6.41. The molecule has 0 radical (unpaired) electrons. The molecule has 0 aliphatic carbocycles. The number of sulfone groups is 1. The van der Waals surface area contributed by atoms with Gasteiger partial charge in [-0.15, -0.1) is 0 Å². The molecule has 0 unspecified atom stereocenters. The van der Waals surface area contributed by atoms with E-state index in [0.29, 0.717) is 4.90 Å². The SMILES string of the molecule is CNCc1ccc(O[C@H]2CCN(c3ccc(S(C)(=O)=O)cc3)C2)cc1. The van der Waals surface area contributed by atoms with E-state index in [0.717, 1.165) is 37.5 Å². The number of nitrogens with one attached hydrogen (secondary N) is 1. The van der Waals surface area contributed by atoms with Crippen LogP contribution in [0.1, 0.15) is 12.0 Å².